The summed E-state index contributed by atoms with van der Waals surface area (Å²) in [6.45, 7) is 6.42. The van der Waals surface area contributed by atoms with E-state index in [0.29, 0.717) is 0 Å². The summed E-state index contributed by atoms with van der Waals surface area (Å²) in [6.07, 6.45) is 2.09. The maximum absolute atomic E-state index is 4.62. The van der Waals surface area contributed by atoms with Crippen molar-refractivity contribution in [2.45, 2.75) is 31.2 Å². The Balaban J connectivity index is 2.18. The number of hydrogen-bond donors (Lipinski definition) is 1. The molecule has 0 unspecified atom stereocenters. The van der Waals surface area contributed by atoms with E-state index >= 15 is 0 Å². The van der Waals surface area contributed by atoms with Gasteiger partial charge in [0.05, 0.1) is 5.69 Å². The van der Waals surface area contributed by atoms with Crippen molar-refractivity contribution in [1.29, 1.82) is 0 Å². The standard InChI is InChI=1S/C14H18N2S2/c1-14(2,3)16-13-15-12(9-18-13)10-5-7-11(17-4)8-6-10/h5-9H,1-4H3,(H,15,16). The molecule has 0 bridgehead atoms. The molecule has 4 heteroatoms. The fraction of sp³-hybridized carbons (Fsp3) is 0.357. The third kappa shape index (κ3) is 3.50. The minimum absolute atomic E-state index is 0.0534. The van der Waals surface area contributed by atoms with E-state index in [9.17, 15) is 0 Å². The molecule has 96 valence electrons. The van der Waals surface area contributed by atoms with Gasteiger partial charge in [0.1, 0.15) is 0 Å². The molecule has 1 N–H and O–H groups in total. The minimum Gasteiger partial charge on any atom is -0.357 e. The molecule has 0 aliphatic carbocycles. The van der Waals surface area contributed by atoms with Gasteiger partial charge in [-0.15, -0.1) is 23.1 Å². The van der Waals surface area contributed by atoms with E-state index in [1.54, 1.807) is 23.1 Å². The lowest BCUT2D eigenvalue weighted by Gasteiger charge is -2.19. The van der Waals surface area contributed by atoms with Crippen molar-refractivity contribution in [2.24, 2.45) is 0 Å². The average Bonchev–Trinajstić information content (AvgIpc) is 2.75. The second kappa shape index (κ2) is 5.33. The number of benzene rings is 1. The molecule has 0 aliphatic heterocycles. The van der Waals surface area contributed by atoms with Crippen LogP contribution in [0.25, 0.3) is 11.3 Å². The summed E-state index contributed by atoms with van der Waals surface area (Å²) in [5.74, 6) is 0. The highest BCUT2D eigenvalue weighted by Crippen LogP contribution is 2.27. The van der Waals surface area contributed by atoms with Gasteiger partial charge >= 0.3 is 0 Å². The fourth-order valence-corrected chi connectivity index (χ4v) is 2.88. The smallest absolute Gasteiger partial charge is 0.183 e. The Morgan fingerprint density at radius 3 is 2.39 bits per heavy atom. The predicted octanol–water partition coefficient (Wildman–Crippen LogP) is 4.74. The number of thiazole rings is 1. The van der Waals surface area contributed by atoms with Gasteiger partial charge in [-0.2, -0.15) is 0 Å². The summed E-state index contributed by atoms with van der Waals surface area (Å²) in [6, 6.07) is 8.52. The lowest BCUT2D eigenvalue weighted by Crippen LogP contribution is -2.25. The highest BCUT2D eigenvalue weighted by atomic mass is 32.2. The second-order valence-electron chi connectivity index (χ2n) is 5.14. The summed E-state index contributed by atoms with van der Waals surface area (Å²) < 4.78 is 0. The van der Waals surface area contributed by atoms with E-state index in [4.69, 9.17) is 0 Å². The minimum atomic E-state index is 0.0534. The second-order valence-corrected chi connectivity index (χ2v) is 6.88. The number of hydrogen-bond acceptors (Lipinski definition) is 4. The lowest BCUT2D eigenvalue weighted by atomic mass is 10.1. The average molecular weight is 278 g/mol. The molecular weight excluding hydrogens is 260 g/mol. The van der Waals surface area contributed by atoms with Crippen LogP contribution in [0.4, 0.5) is 5.13 Å². The van der Waals surface area contributed by atoms with Gasteiger partial charge in [0.2, 0.25) is 0 Å². The Kier molecular flexibility index (Phi) is 3.97. The largest absolute Gasteiger partial charge is 0.357 e. The number of thioether (sulfide) groups is 1. The van der Waals surface area contributed by atoms with Crippen LogP contribution in [0.3, 0.4) is 0 Å². The van der Waals surface area contributed by atoms with Crippen LogP contribution >= 0.6 is 23.1 Å². The van der Waals surface area contributed by atoms with Crippen LogP contribution in [0.5, 0.6) is 0 Å². The van der Waals surface area contributed by atoms with Crippen molar-refractivity contribution < 1.29 is 0 Å². The van der Waals surface area contributed by atoms with Gasteiger partial charge in [0.25, 0.3) is 0 Å². The van der Waals surface area contributed by atoms with Crippen molar-refractivity contribution in [3.05, 3.63) is 29.6 Å². The zero-order valence-electron chi connectivity index (χ0n) is 11.2. The molecule has 1 aromatic carbocycles. The molecule has 2 nitrogen and oxygen atoms in total. The Labute approximate surface area is 117 Å². The van der Waals surface area contributed by atoms with Crippen LogP contribution in [-0.2, 0) is 0 Å². The highest BCUT2D eigenvalue weighted by Gasteiger charge is 2.12. The first-order valence-corrected chi connectivity index (χ1v) is 7.96. The summed E-state index contributed by atoms with van der Waals surface area (Å²) in [5, 5.41) is 6.47. The van der Waals surface area contributed by atoms with Gasteiger partial charge in [-0.1, -0.05) is 12.1 Å². The maximum atomic E-state index is 4.62. The number of aromatic nitrogens is 1. The normalized spacial score (nSPS) is 11.6. The summed E-state index contributed by atoms with van der Waals surface area (Å²) in [7, 11) is 0. The van der Waals surface area contributed by atoms with Crippen molar-refractivity contribution in [1.82, 2.24) is 4.98 Å². The molecule has 0 atom stereocenters. The van der Waals surface area contributed by atoms with Gasteiger partial charge < -0.3 is 5.32 Å². The molecule has 0 saturated heterocycles. The van der Waals surface area contributed by atoms with E-state index in [0.717, 1.165) is 10.8 Å². The quantitative estimate of drug-likeness (QED) is 0.821. The molecule has 0 fully saturated rings. The highest BCUT2D eigenvalue weighted by molar-refractivity contribution is 7.98. The first-order chi connectivity index (χ1) is 8.48. The van der Waals surface area contributed by atoms with Crippen LogP contribution in [0.15, 0.2) is 34.5 Å². The van der Waals surface area contributed by atoms with E-state index in [-0.39, 0.29) is 5.54 Å². The Hall–Kier alpha value is -1.00. The monoisotopic (exact) mass is 278 g/mol. The molecule has 0 radical (unpaired) electrons. The van der Waals surface area contributed by atoms with E-state index in [1.165, 1.54) is 10.5 Å². The molecular formula is C14H18N2S2. The van der Waals surface area contributed by atoms with Crippen LogP contribution < -0.4 is 5.32 Å². The van der Waals surface area contributed by atoms with Crippen molar-refractivity contribution in [3.8, 4) is 11.3 Å². The summed E-state index contributed by atoms with van der Waals surface area (Å²) in [4.78, 5) is 5.90. The van der Waals surface area contributed by atoms with Crippen LogP contribution in [-0.4, -0.2) is 16.8 Å². The van der Waals surface area contributed by atoms with E-state index in [1.807, 2.05) is 0 Å². The van der Waals surface area contributed by atoms with Crippen LogP contribution in [0, 0.1) is 0 Å². The summed E-state index contributed by atoms with van der Waals surface area (Å²) in [5.41, 5.74) is 2.27. The lowest BCUT2D eigenvalue weighted by molar-refractivity contribution is 0.633. The molecule has 0 aliphatic rings. The maximum Gasteiger partial charge on any atom is 0.183 e. The fourth-order valence-electron chi connectivity index (χ4n) is 1.55. The van der Waals surface area contributed by atoms with Crippen molar-refractivity contribution in [3.63, 3.8) is 0 Å². The molecule has 0 amide bonds. The first-order valence-electron chi connectivity index (χ1n) is 5.86. The molecule has 18 heavy (non-hydrogen) atoms. The zero-order chi connectivity index (χ0) is 13.2. The van der Waals surface area contributed by atoms with Crippen molar-refractivity contribution in [2.75, 3.05) is 11.6 Å². The number of anilines is 1. The third-order valence-electron chi connectivity index (χ3n) is 2.37. The van der Waals surface area contributed by atoms with Gasteiger partial charge in [-0.05, 0) is 39.2 Å². The SMILES string of the molecule is CSc1ccc(-c2csc(NC(C)(C)C)n2)cc1. The molecule has 1 aromatic heterocycles. The summed E-state index contributed by atoms with van der Waals surface area (Å²) >= 11 is 3.41. The Bertz CT molecular complexity index is 509. The third-order valence-corrected chi connectivity index (χ3v) is 3.87. The van der Waals surface area contributed by atoms with E-state index < -0.39 is 0 Å². The Morgan fingerprint density at radius 2 is 1.83 bits per heavy atom. The molecule has 1 heterocycles. The Morgan fingerprint density at radius 1 is 1.17 bits per heavy atom. The van der Waals surface area contributed by atoms with Gasteiger partial charge in [-0.3, -0.25) is 0 Å². The zero-order valence-corrected chi connectivity index (χ0v) is 12.8. The number of nitrogens with zero attached hydrogens (tertiary/aromatic N) is 1. The predicted molar refractivity (Wildman–Crippen MR) is 82.7 cm³/mol. The number of rotatable bonds is 3. The molecule has 2 aromatic rings. The number of nitrogens with one attached hydrogen (secondary N) is 1. The van der Waals surface area contributed by atoms with Crippen LogP contribution in [0.1, 0.15) is 20.8 Å². The first kappa shape index (κ1) is 13.4. The molecule has 2 rings (SSSR count). The topological polar surface area (TPSA) is 24.9 Å². The molecule has 0 spiro atoms. The van der Waals surface area contributed by atoms with Gasteiger partial charge in [0.15, 0.2) is 5.13 Å². The molecule has 0 saturated carbocycles. The van der Waals surface area contributed by atoms with Crippen molar-refractivity contribution >= 4 is 28.2 Å². The van der Waals surface area contributed by atoms with Crippen LogP contribution in [0.2, 0.25) is 0 Å². The van der Waals surface area contributed by atoms with E-state index in [2.05, 4.69) is 67.0 Å². The van der Waals surface area contributed by atoms with Gasteiger partial charge in [0, 0.05) is 21.4 Å². The van der Waals surface area contributed by atoms with Gasteiger partial charge in [-0.25, -0.2) is 4.98 Å².